The van der Waals surface area contributed by atoms with Crippen LogP contribution in [-0.2, 0) is 0 Å². The molecule has 0 aliphatic carbocycles. The van der Waals surface area contributed by atoms with Gasteiger partial charge in [-0.05, 0) is 48.5 Å². The SMILES string of the molecule is O=C(Nc1cccc(Oc2ccncc2)c1)c1ccc(NO)cc1. The number of aromatic nitrogens is 1. The van der Waals surface area contributed by atoms with Crippen LogP contribution in [0.1, 0.15) is 10.4 Å². The summed E-state index contributed by atoms with van der Waals surface area (Å²) in [6.45, 7) is 0. The Labute approximate surface area is 138 Å². The number of hydrogen-bond donors (Lipinski definition) is 3. The summed E-state index contributed by atoms with van der Waals surface area (Å²) < 4.78 is 5.71. The Kier molecular flexibility index (Phi) is 4.69. The van der Waals surface area contributed by atoms with Crippen molar-refractivity contribution in [2.75, 3.05) is 10.8 Å². The van der Waals surface area contributed by atoms with Crippen molar-refractivity contribution in [3.8, 4) is 11.5 Å². The highest BCUT2D eigenvalue weighted by Gasteiger charge is 2.07. The van der Waals surface area contributed by atoms with Crippen molar-refractivity contribution in [2.24, 2.45) is 0 Å². The van der Waals surface area contributed by atoms with Crippen LogP contribution in [-0.4, -0.2) is 16.1 Å². The number of amides is 1. The van der Waals surface area contributed by atoms with E-state index < -0.39 is 0 Å². The quantitative estimate of drug-likeness (QED) is 0.620. The lowest BCUT2D eigenvalue weighted by atomic mass is 10.2. The molecule has 1 amide bonds. The van der Waals surface area contributed by atoms with Crippen molar-refractivity contribution >= 4 is 17.3 Å². The molecule has 0 saturated heterocycles. The maximum absolute atomic E-state index is 12.2. The minimum Gasteiger partial charge on any atom is -0.457 e. The summed E-state index contributed by atoms with van der Waals surface area (Å²) in [5.74, 6) is 1.03. The fraction of sp³-hybridized carbons (Fsp3) is 0. The number of nitrogens with zero attached hydrogens (tertiary/aromatic N) is 1. The summed E-state index contributed by atoms with van der Waals surface area (Å²) in [7, 11) is 0. The van der Waals surface area contributed by atoms with Crippen LogP contribution in [0.5, 0.6) is 11.5 Å². The highest BCUT2D eigenvalue weighted by atomic mass is 16.5. The molecule has 0 aliphatic rings. The maximum Gasteiger partial charge on any atom is 0.255 e. The van der Waals surface area contributed by atoms with E-state index in [0.717, 1.165) is 0 Å². The predicted octanol–water partition coefficient (Wildman–Crippen LogP) is 3.93. The third-order valence-electron chi connectivity index (χ3n) is 3.25. The molecule has 0 radical (unpaired) electrons. The van der Waals surface area contributed by atoms with Gasteiger partial charge in [0.05, 0.1) is 5.69 Å². The third-order valence-corrected chi connectivity index (χ3v) is 3.25. The summed E-state index contributed by atoms with van der Waals surface area (Å²) in [4.78, 5) is 16.2. The first-order chi connectivity index (χ1) is 11.7. The smallest absolute Gasteiger partial charge is 0.255 e. The van der Waals surface area contributed by atoms with Crippen LogP contribution in [0.15, 0.2) is 73.1 Å². The van der Waals surface area contributed by atoms with Crippen LogP contribution in [0.2, 0.25) is 0 Å². The number of benzene rings is 2. The molecule has 2 aromatic carbocycles. The molecule has 0 atom stereocenters. The normalized spacial score (nSPS) is 10.0. The van der Waals surface area contributed by atoms with Crippen LogP contribution in [0.4, 0.5) is 11.4 Å². The van der Waals surface area contributed by atoms with Crippen molar-refractivity contribution in [3.63, 3.8) is 0 Å². The van der Waals surface area contributed by atoms with Crippen molar-refractivity contribution in [1.29, 1.82) is 0 Å². The number of hydrogen-bond acceptors (Lipinski definition) is 5. The topological polar surface area (TPSA) is 83.5 Å². The van der Waals surface area contributed by atoms with Crippen LogP contribution < -0.4 is 15.5 Å². The number of anilines is 2. The van der Waals surface area contributed by atoms with Crippen LogP contribution in [0.25, 0.3) is 0 Å². The molecular weight excluding hydrogens is 306 g/mol. The molecule has 3 aromatic rings. The molecule has 0 spiro atoms. The Morgan fingerprint density at radius 2 is 1.67 bits per heavy atom. The van der Waals surface area contributed by atoms with E-state index in [0.29, 0.717) is 28.4 Å². The predicted molar refractivity (Wildman–Crippen MR) is 90.6 cm³/mol. The van der Waals surface area contributed by atoms with E-state index in [9.17, 15) is 4.79 Å². The Morgan fingerprint density at radius 1 is 0.917 bits per heavy atom. The second kappa shape index (κ2) is 7.26. The molecule has 0 bridgehead atoms. The number of ether oxygens (including phenoxy) is 1. The van der Waals surface area contributed by atoms with E-state index in [2.05, 4.69) is 10.3 Å². The van der Waals surface area contributed by atoms with Crippen LogP contribution >= 0.6 is 0 Å². The summed E-state index contributed by atoms with van der Waals surface area (Å²) in [6, 6.07) is 17.1. The lowest BCUT2D eigenvalue weighted by Crippen LogP contribution is -2.11. The standard InChI is InChI=1S/C18H15N3O3/c22-18(13-4-6-14(21-23)7-5-13)20-15-2-1-3-17(12-15)24-16-8-10-19-11-9-16/h1-12,21,23H,(H,20,22). The third kappa shape index (κ3) is 3.88. The number of carbonyl (C=O) groups is 1. The first kappa shape index (κ1) is 15.5. The molecule has 0 fully saturated rings. The molecule has 0 saturated carbocycles. The molecule has 3 N–H and O–H groups in total. The van der Waals surface area contributed by atoms with E-state index >= 15 is 0 Å². The molecule has 0 unspecified atom stereocenters. The molecule has 6 heteroatoms. The van der Waals surface area contributed by atoms with E-state index in [1.807, 2.05) is 5.48 Å². The minimum absolute atomic E-state index is 0.249. The minimum atomic E-state index is -0.249. The van der Waals surface area contributed by atoms with Crippen LogP contribution in [0, 0.1) is 0 Å². The van der Waals surface area contributed by atoms with Gasteiger partial charge in [-0.3, -0.25) is 20.5 Å². The highest BCUT2D eigenvalue weighted by Crippen LogP contribution is 2.24. The van der Waals surface area contributed by atoms with Crippen molar-refractivity contribution < 1.29 is 14.7 Å². The summed E-state index contributed by atoms with van der Waals surface area (Å²) in [5, 5.41) is 11.6. The second-order valence-electron chi connectivity index (χ2n) is 4.96. The van der Waals surface area contributed by atoms with Gasteiger partial charge in [0.25, 0.3) is 5.91 Å². The van der Waals surface area contributed by atoms with Gasteiger partial charge < -0.3 is 10.1 Å². The largest absolute Gasteiger partial charge is 0.457 e. The van der Waals surface area contributed by atoms with Crippen molar-refractivity contribution in [2.45, 2.75) is 0 Å². The fourth-order valence-corrected chi connectivity index (χ4v) is 2.08. The number of carbonyl (C=O) groups excluding carboxylic acids is 1. The fourth-order valence-electron chi connectivity index (χ4n) is 2.08. The van der Waals surface area contributed by atoms with Crippen molar-refractivity contribution in [3.05, 3.63) is 78.6 Å². The van der Waals surface area contributed by atoms with Gasteiger partial charge in [0.2, 0.25) is 0 Å². The van der Waals surface area contributed by atoms with Gasteiger partial charge in [0.1, 0.15) is 11.5 Å². The van der Waals surface area contributed by atoms with E-state index in [1.165, 1.54) is 0 Å². The van der Waals surface area contributed by atoms with Gasteiger partial charge in [-0.15, -0.1) is 0 Å². The second-order valence-corrected chi connectivity index (χ2v) is 4.96. The molecule has 6 nitrogen and oxygen atoms in total. The Bertz CT molecular complexity index is 820. The van der Waals surface area contributed by atoms with Gasteiger partial charge in [-0.2, -0.15) is 0 Å². The van der Waals surface area contributed by atoms with Crippen molar-refractivity contribution in [1.82, 2.24) is 4.98 Å². The summed E-state index contributed by atoms with van der Waals surface area (Å²) >= 11 is 0. The first-order valence-corrected chi connectivity index (χ1v) is 7.24. The number of nitrogens with one attached hydrogen (secondary N) is 2. The van der Waals surface area contributed by atoms with E-state index in [1.54, 1.807) is 73.1 Å². The average molecular weight is 321 g/mol. The zero-order chi connectivity index (χ0) is 16.8. The lowest BCUT2D eigenvalue weighted by Gasteiger charge is -2.09. The number of rotatable bonds is 5. The highest BCUT2D eigenvalue weighted by molar-refractivity contribution is 6.04. The average Bonchev–Trinajstić information content (AvgIpc) is 2.63. The molecule has 120 valence electrons. The Hall–Kier alpha value is -3.38. The zero-order valence-electron chi connectivity index (χ0n) is 12.6. The molecule has 1 aromatic heterocycles. The van der Waals surface area contributed by atoms with Gasteiger partial charge >= 0.3 is 0 Å². The lowest BCUT2D eigenvalue weighted by molar-refractivity contribution is 0.102. The number of pyridine rings is 1. The van der Waals surface area contributed by atoms with Gasteiger partial charge in [0, 0.05) is 29.7 Å². The summed E-state index contributed by atoms with van der Waals surface area (Å²) in [5.41, 5.74) is 3.64. The van der Waals surface area contributed by atoms with E-state index in [-0.39, 0.29) is 5.91 Å². The molecule has 0 aliphatic heterocycles. The van der Waals surface area contributed by atoms with E-state index in [4.69, 9.17) is 9.94 Å². The Morgan fingerprint density at radius 3 is 2.38 bits per heavy atom. The van der Waals surface area contributed by atoms with Gasteiger partial charge in [-0.1, -0.05) is 6.07 Å². The molecule has 3 rings (SSSR count). The molecular formula is C18H15N3O3. The van der Waals surface area contributed by atoms with Crippen LogP contribution in [0.3, 0.4) is 0 Å². The van der Waals surface area contributed by atoms with Gasteiger partial charge in [0.15, 0.2) is 0 Å². The molecule has 1 heterocycles. The monoisotopic (exact) mass is 321 g/mol. The zero-order valence-corrected chi connectivity index (χ0v) is 12.6. The Balaban J connectivity index is 1.70. The van der Waals surface area contributed by atoms with Gasteiger partial charge in [-0.25, -0.2) is 0 Å². The summed E-state index contributed by atoms with van der Waals surface area (Å²) in [6.07, 6.45) is 3.29. The maximum atomic E-state index is 12.2. The first-order valence-electron chi connectivity index (χ1n) is 7.24. The molecule has 24 heavy (non-hydrogen) atoms.